The predicted molar refractivity (Wildman–Crippen MR) is 80.1 cm³/mol. The van der Waals surface area contributed by atoms with Crippen LogP contribution in [0.15, 0.2) is 30.3 Å². The number of anilines is 1. The number of aryl methyl sites for hydroxylation is 1. The number of carbonyl (C=O) groups excluding carboxylic acids is 1. The molecule has 0 bridgehead atoms. The molecule has 0 aliphatic heterocycles. The van der Waals surface area contributed by atoms with Gasteiger partial charge >= 0.3 is 0 Å². The lowest BCUT2D eigenvalue weighted by Gasteiger charge is -2.08. The van der Waals surface area contributed by atoms with E-state index in [1.807, 2.05) is 37.3 Å². The Morgan fingerprint density at radius 1 is 1.35 bits per heavy atom. The second-order valence-electron chi connectivity index (χ2n) is 5.11. The Kier molecular flexibility index (Phi) is 4.20. The number of hydrogen-bond acceptors (Lipinski definition) is 3. The number of nitrogens with two attached hydrogens (primary N) is 1. The highest BCUT2D eigenvalue weighted by Gasteiger charge is 2.13. The van der Waals surface area contributed by atoms with Crippen LogP contribution in [0, 0.1) is 6.92 Å². The van der Waals surface area contributed by atoms with E-state index in [2.05, 4.69) is 24.3 Å². The van der Waals surface area contributed by atoms with Crippen molar-refractivity contribution < 1.29 is 4.79 Å². The predicted octanol–water partition coefficient (Wildman–Crippen LogP) is 2.20. The smallest absolute Gasteiger partial charge is 0.239 e. The minimum Gasteiger partial charge on any atom is -0.322 e. The maximum atomic E-state index is 11.5. The average molecular weight is 272 g/mol. The van der Waals surface area contributed by atoms with Crippen LogP contribution in [-0.4, -0.2) is 22.2 Å². The van der Waals surface area contributed by atoms with Gasteiger partial charge in [0.25, 0.3) is 0 Å². The van der Waals surface area contributed by atoms with Crippen molar-refractivity contribution in [2.75, 3.05) is 11.9 Å². The molecule has 0 radical (unpaired) electrons. The van der Waals surface area contributed by atoms with E-state index < -0.39 is 0 Å². The van der Waals surface area contributed by atoms with Gasteiger partial charge in [0, 0.05) is 6.07 Å². The first-order chi connectivity index (χ1) is 9.51. The van der Waals surface area contributed by atoms with Gasteiger partial charge in [-0.15, -0.1) is 0 Å². The first-order valence-corrected chi connectivity index (χ1v) is 6.68. The van der Waals surface area contributed by atoms with Crippen molar-refractivity contribution in [3.63, 3.8) is 0 Å². The molecule has 0 saturated carbocycles. The van der Waals surface area contributed by atoms with Gasteiger partial charge in [-0.05, 0) is 25.0 Å². The monoisotopic (exact) mass is 272 g/mol. The summed E-state index contributed by atoms with van der Waals surface area (Å²) >= 11 is 0. The van der Waals surface area contributed by atoms with Crippen molar-refractivity contribution in [2.24, 2.45) is 5.73 Å². The Labute approximate surface area is 118 Å². The molecule has 0 fully saturated rings. The van der Waals surface area contributed by atoms with Crippen molar-refractivity contribution in [3.8, 4) is 5.69 Å². The van der Waals surface area contributed by atoms with E-state index in [9.17, 15) is 4.79 Å². The zero-order chi connectivity index (χ0) is 14.7. The topological polar surface area (TPSA) is 72.9 Å². The fourth-order valence-corrected chi connectivity index (χ4v) is 1.85. The normalized spacial score (nSPS) is 10.8. The van der Waals surface area contributed by atoms with E-state index in [0.29, 0.717) is 5.82 Å². The van der Waals surface area contributed by atoms with Crippen molar-refractivity contribution in [2.45, 2.75) is 26.7 Å². The highest BCUT2D eigenvalue weighted by molar-refractivity contribution is 5.91. The summed E-state index contributed by atoms with van der Waals surface area (Å²) in [6.07, 6.45) is 0. The Bertz CT molecular complexity index is 599. The van der Waals surface area contributed by atoms with Crippen molar-refractivity contribution in [3.05, 3.63) is 41.6 Å². The fourth-order valence-electron chi connectivity index (χ4n) is 1.85. The summed E-state index contributed by atoms with van der Waals surface area (Å²) in [6, 6.07) is 9.87. The molecule has 20 heavy (non-hydrogen) atoms. The molecule has 1 aromatic heterocycles. The van der Waals surface area contributed by atoms with Crippen LogP contribution < -0.4 is 11.1 Å². The SMILES string of the molecule is Cc1ccc(-n2nc(C(C)C)cc2NC(=O)CN)cc1. The zero-order valence-electron chi connectivity index (χ0n) is 12.1. The summed E-state index contributed by atoms with van der Waals surface area (Å²) < 4.78 is 1.74. The number of nitrogens with zero attached hydrogens (tertiary/aromatic N) is 2. The third-order valence-corrected chi connectivity index (χ3v) is 3.05. The average Bonchev–Trinajstić information content (AvgIpc) is 2.83. The second kappa shape index (κ2) is 5.88. The molecular weight excluding hydrogens is 252 g/mol. The molecule has 0 unspecified atom stereocenters. The molecular formula is C15H20N4O. The van der Waals surface area contributed by atoms with Gasteiger partial charge in [0.15, 0.2) is 0 Å². The first kappa shape index (κ1) is 14.3. The van der Waals surface area contributed by atoms with Crippen molar-refractivity contribution in [1.82, 2.24) is 9.78 Å². The van der Waals surface area contributed by atoms with Crippen LogP contribution >= 0.6 is 0 Å². The Morgan fingerprint density at radius 3 is 2.55 bits per heavy atom. The molecule has 5 heteroatoms. The number of rotatable bonds is 4. The van der Waals surface area contributed by atoms with E-state index in [0.717, 1.165) is 11.4 Å². The number of carbonyl (C=O) groups is 1. The lowest BCUT2D eigenvalue weighted by atomic mass is 10.1. The maximum Gasteiger partial charge on any atom is 0.239 e. The van der Waals surface area contributed by atoms with Crippen LogP contribution in [0.2, 0.25) is 0 Å². The standard InChI is InChI=1S/C15H20N4O/c1-10(2)13-8-14(17-15(20)9-16)19(18-13)12-6-4-11(3)5-7-12/h4-8,10H,9,16H2,1-3H3,(H,17,20). The number of nitrogens with one attached hydrogen (secondary N) is 1. The van der Waals surface area contributed by atoms with E-state index in [-0.39, 0.29) is 18.4 Å². The van der Waals surface area contributed by atoms with E-state index in [4.69, 9.17) is 5.73 Å². The van der Waals surface area contributed by atoms with Gasteiger partial charge in [0.1, 0.15) is 5.82 Å². The van der Waals surface area contributed by atoms with Gasteiger partial charge in [-0.25, -0.2) is 4.68 Å². The Hall–Kier alpha value is -2.14. The minimum atomic E-state index is -0.228. The van der Waals surface area contributed by atoms with Crippen LogP contribution in [0.25, 0.3) is 5.69 Å². The largest absolute Gasteiger partial charge is 0.322 e. The molecule has 0 aliphatic rings. The third-order valence-electron chi connectivity index (χ3n) is 3.05. The molecule has 5 nitrogen and oxygen atoms in total. The van der Waals surface area contributed by atoms with Gasteiger partial charge in [-0.3, -0.25) is 4.79 Å². The Morgan fingerprint density at radius 2 is 2.00 bits per heavy atom. The summed E-state index contributed by atoms with van der Waals surface area (Å²) in [5.74, 6) is 0.705. The number of benzene rings is 1. The van der Waals surface area contributed by atoms with Crippen LogP contribution in [0.3, 0.4) is 0 Å². The van der Waals surface area contributed by atoms with Crippen LogP contribution in [0.5, 0.6) is 0 Å². The molecule has 0 saturated heterocycles. The van der Waals surface area contributed by atoms with Crippen molar-refractivity contribution >= 4 is 11.7 Å². The van der Waals surface area contributed by atoms with Gasteiger partial charge in [-0.1, -0.05) is 31.5 Å². The van der Waals surface area contributed by atoms with Crippen LogP contribution in [-0.2, 0) is 4.79 Å². The van der Waals surface area contributed by atoms with Crippen LogP contribution in [0.4, 0.5) is 5.82 Å². The lowest BCUT2D eigenvalue weighted by molar-refractivity contribution is -0.114. The van der Waals surface area contributed by atoms with Gasteiger partial charge in [0.2, 0.25) is 5.91 Å². The molecule has 2 aromatic rings. The zero-order valence-corrected chi connectivity index (χ0v) is 12.1. The molecule has 0 spiro atoms. The van der Waals surface area contributed by atoms with Crippen molar-refractivity contribution in [1.29, 1.82) is 0 Å². The minimum absolute atomic E-state index is 0.0455. The summed E-state index contributed by atoms with van der Waals surface area (Å²) in [6.45, 7) is 6.12. The van der Waals surface area contributed by atoms with E-state index >= 15 is 0 Å². The Balaban J connectivity index is 2.43. The molecule has 2 rings (SSSR count). The summed E-state index contributed by atoms with van der Waals surface area (Å²) in [5, 5.41) is 7.34. The molecule has 1 heterocycles. The number of aromatic nitrogens is 2. The van der Waals surface area contributed by atoms with E-state index in [1.54, 1.807) is 4.68 Å². The summed E-state index contributed by atoms with van der Waals surface area (Å²) in [7, 11) is 0. The molecule has 3 N–H and O–H groups in total. The van der Waals surface area contributed by atoms with Gasteiger partial charge in [-0.2, -0.15) is 5.10 Å². The quantitative estimate of drug-likeness (QED) is 0.896. The fraction of sp³-hybridized carbons (Fsp3) is 0.333. The third kappa shape index (κ3) is 3.05. The highest BCUT2D eigenvalue weighted by Crippen LogP contribution is 2.22. The molecule has 0 aliphatic carbocycles. The molecule has 1 amide bonds. The van der Waals surface area contributed by atoms with E-state index in [1.165, 1.54) is 5.56 Å². The maximum absolute atomic E-state index is 11.5. The number of amides is 1. The van der Waals surface area contributed by atoms with Gasteiger partial charge < -0.3 is 11.1 Å². The summed E-state index contributed by atoms with van der Waals surface area (Å²) in [5.41, 5.74) is 8.37. The van der Waals surface area contributed by atoms with Crippen LogP contribution in [0.1, 0.15) is 31.0 Å². The summed E-state index contributed by atoms with van der Waals surface area (Å²) in [4.78, 5) is 11.5. The lowest BCUT2D eigenvalue weighted by Crippen LogP contribution is -2.23. The van der Waals surface area contributed by atoms with Gasteiger partial charge in [0.05, 0.1) is 17.9 Å². The number of hydrogen-bond donors (Lipinski definition) is 2. The molecule has 1 aromatic carbocycles. The first-order valence-electron chi connectivity index (χ1n) is 6.68. The highest BCUT2D eigenvalue weighted by atomic mass is 16.1. The second-order valence-corrected chi connectivity index (χ2v) is 5.11. The molecule has 0 atom stereocenters. The molecule has 106 valence electrons.